The first-order valence-corrected chi connectivity index (χ1v) is 7.41. The van der Waals surface area contributed by atoms with E-state index in [1.54, 1.807) is 4.90 Å². The summed E-state index contributed by atoms with van der Waals surface area (Å²) in [5, 5.41) is 12.2. The Morgan fingerprint density at radius 3 is 2.47 bits per heavy atom. The molecule has 0 aromatic carbocycles. The Morgan fingerprint density at radius 1 is 1.16 bits per heavy atom. The maximum absolute atomic E-state index is 12.3. The monoisotopic (exact) mass is 268 g/mol. The van der Waals surface area contributed by atoms with Gasteiger partial charge in [0.25, 0.3) is 0 Å². The van der Waals surface area contributed by atoms with Crippen LogP contribution in [0.1, 0.15) is 44.9 Å². The van der Waals surface area contributed by atoms with Crippen LogP contribution in [0.5, 0.6) is 0 Å². The van der Waals surface area contributed by atoms with Crippen molar-refractivity contribution in [2.75, 3.05) is 19.6 Å². The Hall–Kier alpha value is -1.10. The van der Waals surface area contributed by atoms with E-state index >= 15 is 0 Å². The minimum absolute atomic E-state index is 0.0285. The highest BCUT2D eigenvalue weighted by Crippen LogP contribution is 2.26. The van der Waals surface area contributed by atoms with Crippen LogP contribution in [0.4, 0.5) is 0 Å². The number of nitrogens with one attached hydrogen (secondary N) is 1. The van der Waals surface area contributed by atoms with Gasteiger partial charge in [-0.25, -0.2) is 4.79 Å². The smallest absolute Gasteiger partial charge is 0.327 e. The molecular formula is C14H24N2O3. The van der Waals surface area contributed by atoms with Crippen molar-refractivity contribution >= 4 is 11.9 Å². The van der Waals surface area contributed by atoms with Gasteiger partial charge in [0.2, 0.25) is 5.91 Å². The van der Waals surface area contributed by atoms with E-state index in [0.717, 1.165) is 12.8 Å². The molecule has 0 aromatic rings. The number of nitrogens with zero attached hydrogens (tertiary/aromatic N) is 1. The lowest BCUT2D eigenvalue weighted by Gasteiger charge is -2.34. The molecule has 1 saturated carbocycles. The van der Waals surface area contributed by atoms with E-state index in [0.29, 0.717) is 32.0 Å². The summed E-state index contributed by atoms with van der Waals surface area (Å²) in [6.07, 6.45) is 7.74. The van der Waals surface area contributed by atoms with E-state index in [9.17, 15) is 14.7 Å². The molecule has 2 aliphatic rings. The van der Waals surface area contributed by atoms with E-state index in [4.69, 9.17) is 0 Å². The molecule has 1 aliphatic heterocycles. The molecule has 2 rings (SSSR count). The Kier molecular flexibility index (Phi) is 5.19. The number of amides is 1. The summed E-state index contributed by atoms with van der Waals surface area (Å²) in [4.78, 5) is 25.1. The molecule has 1 saturated heterocycles. The fourth-order valence-corrected chi connectivity index (χ4v) is 3.16. The predicted octanol–water partition coefficient (Wildman–Crippen LogP) is 1.23. The van der Waals surface area contributed by atoms with Crippen molar-refractivity contribution in [1.82, 2.24) is 10.2 Å². The van der Waals surface area contributed by atoms with Crippen molar-refractivity contribution in [2.45, 2.75) is 51.0 Å². The number of aliphatic carboxylic acids is 1. The number of rotatable bonds is 3. The lowest BCUT2D eigenvalue weighted by molar-refractivity contribution is -0.151. The average Bonchev–Trinajstić information content (AvgIpc) is 2.67. The number of carbonyl (C=O) groups is 2. The topological polar surface area (TPSA) is 69.6 Å². The van der Waals surface area contributed by atoms with E-state index in [2.05, 4.69) is 5.32 Å². The van der Waals surface area contributed by atoms with Crippen LogP contribution in [0.3, 0.4) is 0 Å². The van der Waals surface area contributed by atoms with Crippen LogP contribution < -0.4 is 5.32 Å². The van der Waals surface area contributed by atoms with Gasteiger partial charge < -0.3 is 15.3 Å². The van der Waals surface area contributed by atoms with Crippen molar-refractivity contribution in [3.63, 3.8) is 0 Å². The normalized spacial score (nSPS) is 25.9. The van der Waals surface area contributed by atoms with E-state index < -0.39 is 12.0 Å². The van der Waals surface area contributed by atoms with Gasteiger partial charge in [-0.3, -0.25) is 4.79 Å². The Labute approximate surface area is 114 Å². The van der Waals surface area contributed by atoms with Crippen LogP contribution in [-0.2, 0) is 9.59 Å². The third kappa shape index (κ3) is 3.93. The van der Waals surface area contributed by atoms with Gasteiger partial charge in [0.15, 0.2) is 0 Å². The van der Waals surface area contributed by atoms with Crippen molar-refractivity contribution in [2.24, 2.45) is 5.92 Å². The summed E-state index contributed by atoms with van der Waals surface area (Å²) in [6, 6.07) is -0.688. The van der Waals surface area contributed by atoms with Gasteiger partial charge in [0.05, 0.1) is 0 Å². The summed E-state index contributed by atoms with van der Waals surface area (Å²) < 4.78 is 0. The van der Waals surface area contributed by atoms with Crippen LogP contribution in [0.25, 0.3) is 0 Å². The largest absolute Gasteiger partial charge is 0.480 e. The third-order valence-electron chi connectivity index (χ3n) is 4.29. The molecule has 2 N–H and O–H groups in total. The number of carboxylic acid groups (broad SMARTS) is 1. The highest BCUT2D eigenvalue weighted by molar-refractivity contribution is 5.84. The summed E-state index contributed by atoms with van der Waals surface area (Å²) in [5.74, 6) is -0.415. The quantitative estimate of drug-likeness (QED) is 0.755. The molecule has 0 aromatic heterocycles. The van der Waals surface area contributed by atoms with Gasteiger partial charge in [-0.1, -0.05) is 25.7 Å². The second-order valence-electron chi connectivity index (χ2n) is 5.71. The molecule has 0 radical (unpaired) electrons. The molecule has 5 nitrogen and oxygen atoms in total. The third-order valence-corrected chi connectivity index (χ3v) is 4.29. The molecule has 0 spiro atoms. The summed E-state index contributed by atoms with van der Waals surface area (Å²) in [7, 11) is 0. The van der Waals surface area contributed by atoms with Crippen LogP contribution >= 0.6 is 0 Å². The molecule has 108 valence electrons. The number of carbonyl (C=O) groups excluding carboxylic acids is 1. The fourth-order valence-electron chi connectivity index (χ4n) is 3.16. The lowest BCUT2D eigenvalue weighted by atomic mass is 9.95. The molecule has 1 atom stereocenters. The first kappa shape index (κ1) is 14.3. The van der Waals surface area contributed by atoms with Gasteiger partial charge in [-0.2, -0.15) is 0 Å². The summed E-state index contributed by atoms with van der Waals surface area (Å²) in [5.41, 5.74) is 0. The number of piperazine rings is 1. The van der Waals surface area contributed by atoms with E-state index in [-0.39, 0.29) is 5.91 Å². The molecule has 1 heterocycles. The van der Waals surface area contributed by atoms with Crippen molar-refractivity contribution in [1.29, 1.82) is 0 Å². The van der Waals surface area contributed by atoms with Crippen LogP contribution in [0, 0.1) is 5.92 Å². The molecule has 1 amide bonds. The van der Waals surface area contributed by atoms with E-state index in [1.165, 1.54) is 25.7 Å². The molecule has 0 bridgehead atoms. The van der Waals surface area contributed by atoms with Gasteiger partial charge >= 0.3 is 5.97 Å². The van der Waals surface area contributed by atoms with Crippen LogP contribution in [0.15, 0.2) is 0 Å². The second kappa shape index (κ2) is 6.89. The molecule has 19 heavy (non-hydrogen) atoms. The van der Waals surface area contributed by atoms with Gasteiger partial charge in [0.1, 0.15) is 6.04 Å². The summed E-state index contributed by atoms with van der Waals surface area (Å²) >= 11 is 0. The van der Waals surface area contributed by atoms with Gasteiger partial charge in [-0.05, 0) is 18.8 Å². The Balaban J connectivity index is 1.91. The molecule has 2 fully saturated rings. The zero-order valence-electron chi connectivity index (χ0n) is 11.4. The average molecular weight is 268 g/mol. The second-order valence-corrected chi connectivity index (χ2v) is 5.71. The standard InChI is InChI=1S/C14H24N2O3/c17-13(9-11-5-3-1-2-4-6-11)16-8-7-15-10-12(16)14(18)19/h11-12,15H,1-10H2,(H,18,19). The van der Waals surface area contributed by atoms with E-state index in [1.807, 2.05) is 0 Å². The maximum Gasteiger partial charge on any atom is 0.327 e. The van der Waals surface area contributed by atoms with Crippen molar-refractivity contribution in [3.05, 3.63) is 0 Å². The molecule has 1 aliphatic carbocycles. The minimum atomic E-state index is -0.901. The maximum atomic E-state index is 12.3. The number of hydrogen-bond donors (Lipinski definition) is 2. The Bertz CT molecular complexity index is 325. The number of hydrogen-bond acceptors (Lipinski definition) is 3. The molecule has 1 unspecified atom stereocenters. The first-order chi connectivity index (χ1) is 9.18. The fraction of sp³-hybridized carbons (Fsp3) is 0.857. The first-order valence-electron chi connectivity index (χ1n) is 7.41. The highest BCUT2D eigenvalue weighted by Gasteiger charge is 2.32. The van der Waals surface area contributed by atoms with Crippen LogP contribution in [0.2, 0.25) is 0 Å². The van der Waals surface area contributed by atoms with Crippen LogP contribution in [-0.4, -0.2) is 47.6 Å². The zero-order valence-corrected chi connectivity index (χ0v) is 11.4. The van der Waals surface area contributed by atoms with Crippen molar-refractivity contribution in [3.8, 4) is 0 Å². The number of carboxylic acids is 1. The molecular weight excluding hydrogens is 244 g/mol. The van der Waals surface area contributed by atoms with Crippen molar-refractivity contribution < 1.29 is 14.7 Å². The predicted molar refractivity (Wildman–Crippen MR) is 71.8 cm³/mol. The minimum Gasteiger partial charge on any atom is -0.480 e. The SMILES string of the molecule is O=C(O)C1CNCCN1C(=O)CC1CCCCCC1. The van der Waals surface area contributed by atoms with Gasteiger partial charge in [0, 0.05) is 26.1 Å². The zero-order chi connectivity index (χ0) is 13.7. The molecule has 5 heteroatoms. The summed E-state index contributed by atoms with van der Waals surface area (Å²) in [6.45, 7) is 1.58. The Morgan fingerprint density at radius 2 is 1.84 bits per heavy atom. The van der Waals surface area contributed by atoms with Gasteiger partial charge in [-0.15, -0.1) is 0 Å². The lowest BCUT2D eigenvalue weighted by Crippen LogP contribution is -2.57. The highest BCUT2D eigenvalue weighted by atomic mass is 16.4.